The molecule has 1 aliphatic carbocycles. The molecule has 3 nitrogen and oxygen atoms in total. The molecule has 0 saturated heterocycles. The van der Waals surface area contributed by atoms with Crippen LogP contribution in [0.1, 0.15) is 38.2 Å². The maximum atomic E-state index is 12.9. The third kappa shape index (κ3) is 3.10. The van der Waals surface area contributed by atoms with Crippen molar-refractivity contribution in [3.8, 4) is 6.07 Å². The van der Waals surface area contributed by atoms with E-state index >= 15 is 0 Å². The van der Waals surface area contributed by atoms with E-state index in [2.05, 4.69) is 35.8 Å². The van der Waals surface area contributed by atoms with Crippen molar-refractivity contribution in [3.63, 3.8) is 0 Å². The average Bonchev–Trinajstić information content (AvgIpc) is 2.52. The zero-order valence-electron chi connectivity index (χ0n) is 14.0. The number of nitriles is 1. The fourth-order valence-corrected chi connectivity index (χ4v) is 4.58. The average molecular weight is 403 g/mol. The molecular weight excluding hydrogens is 384 g/mol. The van der Waals surface area contributed by atoms with Crippen molar-refractivity contribution >= 4 is 39.2 Å². The fraction of sp³-hybridized carbons (Fsp3) is 0.421. The summed E-state index contributed by atoms with van der Waals surface area (Å²) < 4.78 is 0.986. The van der Waals surface area contributed by atoms with Crippen LogP contribution in [-0.4, -0.2) is 17.8 Å². The molecule has 1 fully saturated rings. The third-order valence-electron chi connectivity index (χ3n) is 4.68. The fourth-order valence-electron chi connectivity index (χ4n) is 3.71. The van der Waals surface area contributed by atoms with Crippen LogP contribution in [0, 0.1) is 22.7 Å². The van der Waals surface area contributed by atoms with Gasteiger partial charge in [-0.25, -0.2) is 4.99 Å². The zero-order valence-corrected chi connectivity index (χ0v) is 16.4. The lowest BCUT2D eigenvalue weighted by molar-refractivity contribution is -0.124. The Morgan fingerprint density at radius 1 is 1.25 bits per heavy atom. The van der Waals surface area contributed by atoms with Crippen molar-refractivity contribution < 1.29 is 4.79 Å². The third-order valence-corrected chi connectivity index (χ3v) is 5.91. The Morgan fingerprint density at radius 2 is 1.92 bits per heavy atom. The summed E-state index contributed by atoms with van der Waals surface area (Å²) in [6, 6.07) is 10.3. The molecule has 3 rings (SSSR count). The SMILES string of the molecule is CSC1=C(C#N)[C@H](c2ccc(Br)cc2)C2C(=O)CC(C)(C)CC2=N1. The number of carbonyl (C=O) groups excluding carboxylic acids is 1. The van der Waals surface area contributed by atoms with Gasteiger partial charge in [0.05, 0.1) is 17.6 Å². The van der Waals surface area contributed by atoms with Gasteiger partial charge < -0.3 is 0 Å². The topological polar surface area (TPSA) is 53.2 Å². The molecule has 1 saturated carbocycles. The molecule has 2 atom stereocenters. The maximum Gasteiger partial charge on any atom is 0.143 e. The first-order valence-corrected chi connectivity index (χ1v) is 9.92. The Labute approximate surface area is 155 Å². The van der Waals surface area contributed by atoms with Gasteiger partial charge in [-0.3, -0.25) is 4.79 Å². The van der Waals surface area contributed by atoms with Crippen molar-refractivity contribution in [2.24, 2.45) is 16.3 Å². The number of halogens is 1. The lowest BCUT2D eigenvalue weighted by Gasteiger charge is -2.40. The first-order chi connectivity index (χ1) is 11.4. The van der Waals surface area contributed by atoms with Crippen LogP contribution in [0.15, 0.2) is 44.3 Å². The molecule has 2 aliphatic rings. The molecule has 1 aliphatic heterocycles. The van der Waals surface area contributed by atoms with Crippen LogP contribution in [0.2, 0.25) is 0 Å². The lowest BCUT2D eigenvalue weighted by Crippen LogP contribution is -2.42. The van der Waals surface area contributed by atoms with Gasteiger partial charge in [-0.2, -0.15) is 5.26 Å². The minimum absolute atomic E-state index is 0.0651. The highest BCUT2D eigenvalue weighted by Crippen LogP contribution is 2.47. The molecular formula is C19H19BrN2OS. The van der Waals surface area contributed by atoms with Crippen molar-refractivity contribution in [2.45, 2.75) is 32.6 Å². The van der Waals surface area contributed by atoms with E-state index in [0.717, 1.165) is 27.2 Å². The molecule has 0 N–H and O–H groups in total. The Bertz CT molecular complexity index is 787. The van der Waals surface area contributed by atoms with E-state index in [4.69, 9.17) is 4.99 Å². The molecule has 1 heterocycles. The van der Waals surface area contributed by atoms with Gasteiger partial charge >= 0.3 is 0 Å². The monoisotopic (exact) mass is 402 g/mol. The number of hydrogen-bond donors (Lipinski definition) is 0. The van der Waals surface area contributed by atoms with E-state index < -0.39 is 0 Å². The van der Waals surface area contributed by atoms with Crippen molar-refractivity contribution in [3.05, 3.63) is 44.9 Å². The molecule has 5 heteroatoms. The van der Waals surface area contributed by atoms with Crippen molar-refractivity contribution in [1.82, 2.24) is 0 Å². The van der Waals surface area contributed by atoms with Gasteiger partial charge in [-0.05, 0) is 35.8 Å². The van der Waals surface area contributed by atoms with Crippen LogP contribution in [0.4, 0.5) is 0 Å². The van der Waals surface area contributed by atoms with Crippen LogP contribution >= 0.6 is 27.7 Å². The summed E-state index contributed by atoms with van der Waals surface area (Å²) in [6.45, 7) is 4.22. The minimum atomic E-state index is -0.301. The van der Waals surface area contributed by atoms with Crippen LogP contribution in [-0.2, 0) is 4.79 Å². The number of Topliss-reactive ketones (excluding diaryl/α,β-unsaturated/α-hetero) is 1. The Hall–Kier alpha value is -1.38. The van der Waals surface area contributed by atoms with Crippen LogP contribution < -0.4 is 0 Å². The summed E-state index contributed by atoms with van der Waals surface area (Å²) in [5.41, 5.74) is 2.50. The smallest absolute Gasteiger partial charge is 0.143 e. The van der Waals surface area contributed by atoms with E-state index in [0.29, 0.717) is 12.0 Å². The Balaban J connectivity index is 2.17. The second-order valence-corrected chi connectivity index (χ2v) is 8.84. The first-order valence-electron chi connectivity index (χ1n) is 7.90. The Morgan fingerprint density at radius 3 is 2.50 bits per heavy atom. The number of nitrogens with zero attached hydrogens (tertiary/aromatic N) is 2. The summed E-state index contributed by atoms with van der Waals surface area (Å²) >= 11 is 4.94. The highest BCUT2D eigenvalue weighted by molar-refractivity contribution is 9.10. The number of thioether (sulfide) groups is 1. The van der Waals surface area contributed by atoms with Gasteiger partial charge in [-0.1, -0.05) is 41.9 Å². The van der Waals surface area contributed by atoms with Crippen molar-refractivity contribution in [1.29, 1.82) is 5.26 Å². The predicted molar refractivity (Wildman–Crippen MR) is 102 cm³/mol. The van der Waals surface area contributed by atoms with E-state index in [9.17, 15) is 10.1 Å². The molecule has 0 radical (unpaired) electrons. The number of fused-ring (bicyclic) bond motifs is 1. The first kappa shape index (κ1) is 17.4. The standard InChI is InChI=1S/C19H19BrN2OS/c1-19(2)8-14-17(15(23)9-19)16(11-4-6-12(20)7-5-11)13(10-21)18(22-14)24-3/h4-7,16-17H,8-9H2,1-3H3/t16-,17?/m0/s1. The van der Waals surface area contributed by atoms with Gasteiger partial charge in [0.2, 0.25) is 0 Å². The molecule has 0 spiro atoms. The number of carbonyl (C=O) groups is 1. The van der Waals surface area contributed by atoms with Gasteiger partial charge in [0.1, 0.15) is 10.8 Å². The lowest BCUT2D eigenvalue weighted by atomic mass is 9.64. The van der Waals surface area contributed by atoms with Gasteiger partial charge in [0, 0.05) is 22.5 Å². The minimum Gasteiger partial charge on any atom is -0.299 e. The van der Waals surface area contributed by atoms with E-state index in [1.807, 2.05) is 30.5 Å². The predicted octanol–water partition coefficient (Wildman–Crippen LogP) is 5.09. The zero-order chi connectivity index (χ0) is 17.5. The second-order valence-electron chi connectivity index (χ2n) is 7.13. The van der Waals surface area contributed by atoms with Crippen LogP contribution in [0.5, 0.6) is 0 Å². The van der Waals surface area contributed by atoms with E-state index in [1.165, 1.54) is 11.8 Å². The van der Waals surface area contributed by atoms with Crippen LogP contribution in [0.3, 0.4) is 0 Å². The van der Waals surface area contributed by atoms with E-state index in [-0.39, 0.29) is 23.0 Å². The van der Waals surface area contributed by atoms with Gasteiger partial charge in [0.25, 0.3) is 0 Å². The summed E-state index contributed by atoms with van der Waals surface area (Å²) in [7, 11) is 0. The molecule has 24 heavy (non-hydrogen) atoms. The highest BCUT2D eigenvalue weighted by Gasteiger charge is 2.46. The summed E-state index contributed by atoms with van der Waals surface area (Å²) in [5.74, 6) is -0.322. The van der Waals surface area contributed by atoms with Crippen LogP contribution in [0.25, 0.3) is 0 Å². The maximum absolute atomic E-state index is 12.9. The number of rotatable bonds is 2. The molecule has 0 bridgehead atoms. The quantitative estimate of drug-likeness (QED) is 0.691. The summed E-state index contributed by atoms with van der Waals surface area (Å²) in [6.07, 6.45) is 3.28. The summed E-state index contributed by atoms with van der Waals surface area (Å²) in [4.78, 5) is 17.6. The normalized spacial score (nSPS) is 25.8. The van der Waals surface area contributed by atoms with Gasteiger partial charge in [-0.15, -0.1) is 11.8 Å². The van der Waals surface area contributed by atoms with E-state index in [1.54, 1.807) is 0 Å². The molecule has 1 aromatic carbocycles. The largest absolute Gasteiger partial charge is 0.299 e. The number of aliphatic imine (C=N–C) groups is 1. The number of benzene rings is 1. The van der Waals surface area contributed by atoms with Gasteiger partial charge in [0.15, 0.2) is 0 Å². The second kappa shape index (κ2) is 6.50. The number of hydrogen-bond acceptors (Lipinski definition) is 4. The number of ketones is 1. The molecule has 1 unspecified atom stereocenters. The molecule has 1 aromatic rings. The Kier molecular flexibility index (Phi) is 4.72. The molecule has 0 aromatic heterocycles. The number of allylic oxidation sites excluding steroid dienone is 1. The summed E-state index contributed by atoms with van der Waals surface area (Å²) in [5, 5.41) is 10.5. The molecule has 0 amide bonds. The van der Waals surface area contributed by atoms with Crippen molar-refractivity contribution in [2.75, 3.05) is 6.26 Å². The highest BCUT2D eigenvalue weighted by atomic mass is 79.9. The molecule has 124 valence electrons.